The molecule has 2 heteroatoms. The number of thiophene rings is 1. The van der Waals surface area contributed by atoms with Gasteiger partial charge in [-0.25, -0.2) is 0 Å². The second kappa shape index (κ2) is 3.76. The Kier molecular flexibility index (Phi) is 2.46. The fourth-order valence-corrected chi connectivity index (χ4v) is 2.07. The minimum absolute atomic E-state index is 0.654. The molecule has 0 saturated carbocycles. The topological polar surface area (TPSA) is 17.1 Å². The Bertz CT molecular complexity index is 457. The summed E-state index contributed by atoms with van der Waals surface area (Å²) < 4.78 is 0. The molecule has 1 aromatic carbocycles. The molecule has 2 rings (SSSR count). The van der Waals surface area contributed by atoms with Crippen LogP contribution in [0.15, 0.2) is 35.7 Å². The molecule has 0 unspecified atom stereocenters. The monoisotopic (exact) mass is 201 g/mol. The molecule has 0 aliphatic rings. The van der Waals surface area contributed by atoms with Crippen molar-refractivity contribution in [2.45, 2.75) is 6.92 Å². The van der Waals surface area contributed by atoms with Crippen LogP contribution in [0.2, 0.25) is 0 Å². The van der Waals surface area contributed by atoms with Crippen molar-refractivity contribution in [2.24, 2.45) is 0 Å². The van der Waals surface area contributed by atoms with Crippen molar-refractivity contribution in [3.8, 4) is 11.1 Å². The number of benzene rings is 1. The summed E-state index contributed by atoms with van der Waals surface area (Å²) in [4.78, 5) is 11.1. The van der Waals surface area contributed by atoms with Gasteiger partial charge in [0.05, 0.1) is 4.88 Å². The normalized spacial score (nSPS) is 10.1. The molecule has 0 fully saturated rings. The van der Waals surface area contributed by atoms with E-state index in [0.29, 0.717) is 4.88 Å². The summed E-state index contributed by atoms with van der Waals surface area (Å²) in [5, 5.41) is 1.98. The third kappa shape index (κ3) is 1.75. The summed E-state index contributed by atoms with van der Waals surface area (Å²) in [6.07, 6.45) is 1.90. The Morgan fingerprint density at radius 1 is 1.21 bits per heavy atom. The minimum Gasteiger partial charge on any atom is -0.284 e. The van der Waals surface area contributed by atoms with Gasteiger partial charge < -0.3 is 0 Å². The summed E-state index contributed by atoms with van der Waals surface area (Å²) in [6, 6.07) is 10.1. The van der Waals surface area contributed by atoms with E-state index < -0.39 is 0 Å². The summed E-state index contributed by atoms with van der Waals surface area (Å²) in [6.45, 7) is 2.06. The highest BCUT2D eigenvalue weighted by Crippen LogP contribution is 2.25. The van der Waals surface area contributed by atoms with Gasteiger partial charge in [-0.05, 0) is 29.5 Å². The number of aryl methyl sites for hydroxylation is 1. The molecule has 1 aromatic heterocycles. The van der Waals surface area contributed by atoms with Gasteiger partial charge in [0, 0.05) is 0 Å². The zero-order chi connectivity index (χ0) is 9.97. The predicted octanol–water partition coefficient (Wildman–Crippen LogP) is 3.18. The molecule has 2 aromatic rings. The molecule has 0 atom stereocenters. The molecule has 0 bridgehead atoms. The first-order valence-electron chi connectivity index (χ1n) is 4.33. The highest BCUT2D eigenvalue weighted by atomic mass is 32.1. The Morgan fingerprint density at radius 3 is 2.71 bits per heavy atom. The third-order valence-electron chi connectivity index (χ3n) is 2.05. The Labute approximate surface area is 87.0 Å². The molecule has 1 radical (unpaired) electrons. The molecule has 1 heterocycles. The molecule has 0 saturated heterocycles. The largest absolute Gasteiger partial charge is 0.284 e. The summed E-state index contributed by atoms with van der Waals surface area (Å²) in [5.41, 5.74) is 3.48. The van der Waals surface area contributed by atoms with Gasteiger partial charge in [0.25, 0.3) is 0 Å². The lowest BCUT2D eigenvalue weighted by atomic mass is 10.1. The summed E-state index contributed by atoms with van der Waals surface area (Å²) in [7, 11) is 0. The maximum absolute atomic E-state index is 10.4. The van der Waals surface area contributed by atoms with Gasteiger partial charge >= 0.3 is 0 Å². The predicted molar refractivity (Wildman–Crippen MR) is 59.3 cm³/mol. The van der Waals surface area contributed by atoms with Crippen molar-refractivity contribution in [3.05, 3.63) is 46.2 Å². The van der Waals surface area contributed by atoms with Crippen LogP contribution in [0.4, 0.5) is 0 Å². The highest BCUT2D eigenvalue weighted by Gasteiger charge is 2.01. The lowest BCUT2D eigenvalue weighted by molar-refractivity contribution is 0.563. The van der Waals surface area contributed by atoms with Crippen LogP contribution in [0.25, 0.3) is 11.1 Å². The van der Waals surface area contributed by atoms with Crippen molar-refractivity contribution in [2.75, 3.05) is 0 Å². The van der Waals surface area contributed by atoms with E-state index >= 15 is 0 Å². The van der Waals surface area contributed by atoms with Crippen LogP contribution < -0.4 is 0 Å². The van der Waals surface area contributed by atoms with E-state index in [9.17, 15) is 4.79 Å². The van der Waals surface area contributed by atoms with Gasteiger partial charge in [-0.3, -0.25) is 4.79 Å². The van der Waals surface area contributed by atoms with E-state index in [2.05, 4.69) is 19.1 Å². The zero-order valence-electron chi connectivity index (χ0n) is 7.78. The van der Waals surface area contributed by atoms with Gasteiger partial charge in [0.15, 0.2) is 0 Å². The number of carbonyl (C=O) groups excluding carboxylic acids is 1. The molecule has 0 N–H and O–H groups in total. The van der Waals surface area contributed by atoms with Gasteiger partial charge in [-0.2, -0.15) is 0 Å². The number of rotatable bonds is 2. The van der Waals surface area contributed by atoms with Crippen molar-refractivity contribution < 1.29 is 4.79 Å². The first kappa shape index (κ1) is 9.16. The van der Waals surface area contributed by atoms with Crippen LogP contribution >= 0.6 is 11.3 Å². The maximum Gasteiger partial charge on any atom is 0.244 e. The molecule has 0 amide bonds. The average molecular weight is 201 g/mol. The van der Waals surface area contributed by atoms with Gasteiger partial charge in [0.2, 0.25) is 6.29 Å². The van der Waals surface area contributed by atoms with Gasteiger partial charge in [-0.1, -0.05) is 29.8 Å². The molecular formula is C12H9OS. The third-order valence-corrected chi connectivity index (χ3v) is 2.88. The standard InChI is InChI=1S/C12H9OS/c1-9-3-2-4-10(5-9)11-6-12(7-13)14-8-11/h2-6,8H,1H3. The fraction of sp³-hybridized carbons (Fsp3) is 0.0833. The molecule has 69 valence electrons. The van der Waals surface area contributed by atoms with E-state index in [1.165, 1.54) is 16.9 Å². The average Bonchev–Trinajstić information content (AvgIpc) is 2.66. The Morgan fingerprint density at radius 2 is 2.07 bits per heavy atom. The van der Waals surface area contributed by atoms with Gasteiger partial charge in [0.1, 0.15) is 0 Å². The Hall–Kier alpha value is -1.41. The van der Waals surface area contributed by atoms with Gasteiger partial charge in [-0.15, -0.1) is 11.3 Å². The SMILES string of the molecule is Cc1cccc(-c2csc([C]=O)c2)c1. The van der Waals surface area contributed by atoms with Crippen LogP contribution in [-0.2, 0) is 4.79 Å². The van der Waals surface area contributed by atoms with Crippen LogP contribution in [-0.4, -0.2) is 6.29 Å². The first-order chi connectivity index (χ1) is 6.79. The molecule has 0 spiro atoms. The summed E-state index contributed by atoms with van der Waals surface area (Å²) in [5.74, 6) is 0. The van der Waals surface area contributed by atoms with Crippen LogP contribution in [0.5, 0.6) is 0 Å². The van der Waals surface area contributed by atoms with Crippen LogP contribution in [0.3, 0.4) is 0 Å². The zero-order valence-corrected chi connectivity index (χ0v) is 8.60. The van der Waals surface area contributed by atoms with Crippen molar-refractivity contribution in [1.29, 1.82) is 0 Å². The minimum atomic E-state index is 0.654. The van der Waals surface area contributed by atoms with E-state index in [4.69, 9.17) is 0 Å². The fourth-order valence-electron chi connectivity index (χ4n) is 1.37. The molecule has 0 aliphatic heterocycles. The number of hydrogen-bond donors (Lipinski definition) is 0. The van der Waals surface area contributed by atoms with E-state index in [1.54, 1.807) is 0 Å². The molecule has 1 nitrogen and oxygen atoms in total. The molecule has 14 heavy (non-hydrogen) atoms. The van der Waals surface area contributed by atoms with Crippen molar-refractivity contribution >= 4 is 17.6 Å². The van der Waals surface area contributed by atoms with Crippen LogP contribution in [0.1, 0.15) is 10.4 Å². The highest BCUT2D eigenvalue weighted by molar-refractivity contribution is 7.12. The summed E-state index contributed by atoms with van der Waals surface area (Å²) >= 11 is 1.43. The van der Waals surface area contributed by atoms with E-state index in [0.717, 1.165) is 11.1 Å². The lowest BCUT2D eigenvalue weighted by Crippen LogP contribution is -1.75. The first-order valence-corrected chi connectivity index (χ1v) is 5.21. The quantitative estimate of drug-likeness (QED) is 0.729. The smallest absolute Gasteiger partial charge is 0.244 e. The van der Waals surface area contributed by atoms with Crippen molar-refractivity contribution in [3.63, 3.8) is 0 Å². The maximum atomic E-state index is 10.4. The van der Waals surface area contributed by atoms with Crippen LogP contribution in [0, 0.1) is 6.92 Å². The number of hydrogen-bond acceptors (Lipinski definition) is 2. The second-order valence-electron chi connectivity index (χ2n) is 3.17. The Balaban J connectivity index is 2.43. The van der Waals surface area contributed by atoms with Crippen molar-refractivity contribution in [1.82, 2.24) is 0 Å². The van der Waals surface area contributed by atoms with E-state index in [-0.39, 0.29) is 0 Å². The lowest BCUT2D eigenvalue weighted by Gasteiger charge is -1.98. The molecule has 0 aliphatic carbocycles. The second-order valence-corrected chi connectivity index (χ2v) is 4.08. The molecular weight excluding hydrogens is 192 g/mol. The van der Waals surface area contributed by atoms with E-state index in [1.807, 2.05) is 29.9 Å².